The Bertz CT molecular complexity index is 1140. The maximum atomic E-state index is 13.4. The van der Waals surface area contributed by atoms with E-state index in [9.17, 15) is 31.9 Å². The molecule has 1 saturated heterocycles. The standard InChI is InChI=1S/C22H15F5N2O3/c23-15-4-8-17(9-5-15)28-13-21(31,14-2-1-3-19(12-14)32-22(25,26)27)29(20(28)30)18-10-6-16(24)7-11-18/h1-12,31H,13H2. The molecular formula is C22H15F5N2O3. The molecule has 0 radical (unpaired) electrons. The Labute approximate surface area is 178 Å². The fourth-order valence-corrected chi connectivity index (χ4v) is 3.54. The zero-order chi connectivity index (χ0) is 23.1. The van der Waals surface area contributed by atoms with E-state index in [1.54, 1.807) is 0 Å². The van der Waals surface area contributed by atoms with Gasteiger partial charge in [-0.1, -0.05) is 12.1 Å². The lowest BCUT2D eigenvalue weighted by atomic mass is 10.0. The fourth-order valence-electron chi connectivity index (χ4n) is 3.54. The number of ether oxygens (including phenoxy) is 1. The Morgan fingerprint density at radius 3 is 2.00 bits per heavy atom. The third kappa shape index (κ3) is 4.09. The molecule has 166 valence electrons. The van der Waals surface area contributed by atoms with Crippen molar-refractivity contribution in [1.82, 2.24) is 0 Å². The number of benzene rings is 3. The molecule has 1 atom stereocenters. The van der Waals surface area contributed by atoms with Gasteiger partial charge in [-0.05, 0) is 60.7 Å². The van der Waals surface area contributed by atoms with Gasteiger partial charge in [-0.3, -0.25) is 9.80 Å². The maximum Gasteiger partial charge on any atom is 0.573 e. The number of nitrogens with zero attached hydrogens (tertiary/aromatic N) is 2. The average molecular weight is 450 g/mol. The number of anilines is 2. The number of hydrogen-bond donors (Lipinski definition) is 1. The van der Waals surface area contributed by atoms with Crippen LogP contribution in [0.5, 0.6) is 5.75 Å². The van der Waals surface area contributed by atoms with Crippen LogP contribution in [0.15, 0.2) is 72.8 Å². The van der Waals surface area contributed by atoms with Gasteiger partial charge in [0, 0.05) is 16.9 Å². The van der Waals surface area contributed by atoms with Crippen LogP contribution in [0.25, 0.3) is 0 Å². The zero-order valence-corrected chi connectivity index (χ0v) is 16.2. The number of rotatable bonds is 4. The molecule has 1 aliphatic heterocycles. The Morgan fingerprint density at radius 1 is 0.875 bits per heavy atom. The van der Waals surface area contributed by atoms with Gasteiger partial charge < -0.3 is 9.84 Å². The van der Waals surface area contributed by atoms with Crippen LogP contribution in [0.1, 0.15) is 5.56 Å². The summed E-state index contributed by atoms with van der Waals surface area (Å²) >= 11 is 0. The Morgan fingerprint density at radius 2 is 1.44 bits per heavy atom. The summed E-state index contributed by atoms with van der Waals surface area (Å²) in [4.78, 5) is 15.3. The van der Waals surface area contributed by atoms with E-state index in [0.717, 1.165) is 46.2 Å². The van der Waals surface area contributed by atoms with Gasteiger partial charge in [-0.15, -0.1) is 13.2 Å². The molecule has 0 bridgehead atoms. The fraction of sp³-hybridized carbons (Fsp3) is 0.136. The molecule has 2 amide bonds. The zero-order valence-electron chi connectivity index (χ0n) is 16.2. The van der Waals surface area contributed by atoms with Gasteiger partial charge in [0.1, 0.15) is 17.4 Å². The van der Waals surface area contributed by atoms with Crippen LogP contribution in [0.3, 0.4) is 0 Å². The highest BCUT2D eigenvalue weighted by Crippen LogP contribution is 2.41. The van der Waals surface area contributed by atoms with Crippen molar-refractivity contribution in [2.24, 2.45) is 0 Å². The van der Waals surface area contributed by atoms with Crippen molar-refractivity contribution in [2.75, 3.05) is 16.3 Å². The van der Waals surface area contributed by atoms with Crippen LogP contribution in [0.4, 0.5) is 38.1 Å². The largest absolute Gasteiger partial charge is 0.573 e. The molecule has 0 saturated carbocycles. The summed E-state index contributed by atoms with van der Waals surface area (Å²) < 4.78 is 68.8. The first-order valence-electron chi connectivity index (χ1n) is 9.28. The van der Waals surface area contributed by atoms with E-state index in [1.165, 1.54) is 36.4 Å². The Hall–Kier alpha value is -3.66. The highest BCUT2D eigenvalue weighted by molar-refractivity contribution is 6.07. The van der Waals surface area contributed by atoms with Crippen molar-refractivity contribution in [1.29, 1.82) is 0 Å². The molecule has 1 unspecified atom stereocenters. The van der Waals surface area contributed by atoms with E-state index in [0.29, 0.717) is 0 Å². The molecule has 32 heavy (non-hydrogen) atoms. The Balaban J connectivity index is 1.81. The highest BCUT2D eigenvalue weighted by Gasteiger charge is 2.51. The predicted octanol–water partition coefficient (Wildman–Crippen LogP) is 5.16. The van der Waals surface area contributed by atoms with Crippen molar-refractivity contribution in [3.05, 3.63) is 90.0 Å². The molecular weight excluding hydrogens is 435 g/mol. The summed E-state index contributed by atoms with van der Waals surface area (Å²) in [7, 11) is 0. The van der Waals surface area contributed by atoms with Crippen molar-refractivity contribution >= 4 is 17.4 Å². The molecule has 0 spiro atoms. The summed E-state index contributed by atoms with van der Waals surface area (Å²) in [5.41, 5.74) is -1.86. The first-order valence-corrected chi connectivity index (χ1v) is 9.28. The summed E-state index contributed by atoms with van der Waals surface area (Å²) in [5.74, 6) is -1.71. The molecule has 3 aromatic rings. The van der Waals surface area contributed by atoms with Crippen LogP contribution in [-0.2, 0) is 5.72 Å². The van der Waals surface area contributed by atoms with E-state index >= 15 is 0 Å². The Kier molecular flexibility index (Phi) is 5.25. The molecule has 1 fully saturated rings. The molecule has 10 heteroatoms. The van der Waals surface area contributed by atoms with Crippen molar-refractivity contribution in [3.8, 4) is 5.75 Å². The highest BCUT2D eigenvalue weighted by atomic mass is 19.4. The van der Waals surface area contributed by atoms with Crippen LogP contribution in [0, 0.1) is 11.6 Å². The van der Waals surface area contributed by atoms with E-state index in [4.69, 9.17) is 0 Å². The van der Waals surface area contributed by atoms with Crippen LogP contribution in [-0.4, -0.2) is 24.0 Å². The number of carbonyl (C=O) groups excluding carboxylic acids is 1. The second kappa shape index (κ2) is 7.79. The first kappa shape index (κ1) is 21.6. The monoisotopic (exact) mass is 450 g/mol. The first-order chi connectivity index (χ1) is 15.1. The average Bonchev–Trinajstić information content (AvgIpc) is 3.00. The van der Waals surface area contributed by atoms with Crippen LogP contribution >= 0.6 is 0 Å². The second-order valence-corrected chi connectivity index (χ2v) is 7.05. The lowest BCUT2D eigenvalue weighted by Gasteiger charge is -2.32. The molecule has 0 aliphatic carbocycles. The minimum absolute atomic E-state index is 0.0680. The summed E-state index contributed by atoms with van der Waals surface area (Å²) in [6.45, 7) is -0.398. The van der Waals surface area contributed by atoms with Gasteiger partial charge in [-0.25, -0.2) is 13.6 Å². The number of amides is 2. The predicted molar refractivity (Wildman–Crippen MR) is 105 cm³/mol. The van der Waals surface area contributed by atoms with Gasteiger partial charge in [0.15, 0.2) is 5.72 Å². The third-order valence-corrected chi connectivity index (χ3v) is 4.92. The number of urea groups is 1. The van der Waals surface area contributed by atoms with E-state index in [-0.39, 0.29) is 16.9 Å². The van der Waals surface area contributed by atoms with E-state index in [1.807, 2.05) is 0 Å². The maximum absolute atomic E-state index is 13.4. The molecule has 4 rings (SSSR count). The van der Waals surface area contributed by atoms with Gasteiger partial charge in [0.25, 0.3) is 0 Å². The van der Waals surface area contributed by atoms with Crippen LogP contribution < -0.4 is 14.5 Å². The van der Waals surface area contributed by atoms with Crippen molar-refractivity contribution in [3.63, 3.8) is 0 Å². The van der Waals surface area contributed by atoms with Crippen molar-refractivity contribution in [2.45, 2.75) is 12.1 Å². The normalized spacial score (nSPS) is 18.9. The number of hydrogen-bond acceptors (Lipinski definition) is 3. The lowest BCUT2D eigenvalue weighted by molar-refractivity contribution is -0.274. The topological polar surface area (TPSA) is 53.0 Å². The van der Waals surface area contributed by atoms with Crippen LogP contribution in [0.2, 0.25) is 0 Å². The number of halogens is 5. The number of carbonyl (C=O) groups is 1. The van der Waals surface area contributed by atoms with Crippen molar-refractivity contribution < 1.29 is 36.6 Å². The quantitative estimate of drug-likeness (QED) is 0.559. The van der Waals surface area contributed by atoms with E-state index < -0.39 is 42.0 Å². The lowest BCUT2D eigenvalue weighted by Crippen LogP contribution is -2.44. The number of alkyl halides is 3. The van der Waals surface area contributed by atoms with E-state index in [2.05, 4.69) is 4.74 Å². The molecule has 5 nitrogen and oxygen atoms in total. The smallest absolute Gasteiger partial charge is 0.406 e. The molecule has 0 aromatic heterocycles. The third-order valence-electron chi connectivity index (χ3n) is 4.92. The van der Waals surface area contributed by atoms with Gasteiger partial charge >= 0.3 is 12.4 Å². The number of β-amino-alcohol motifs (C(OH)–C–C–N with tert-alkyl or cyclic N) is 1. The molecule has 3 aromatic carbocycles. The minimum Gasteiger partial charge on any atom is -0.406 e. The molecule has 1 heterocycles. The van der Waals surface area contributed by atoms with Gasteiger partial charge in [-0.2, -0.15) is 0 Å². The molecule has 1 aliphatic rings. The SMILES string of the molecule is O=C1N(c2ccc(F)cc2)CC(O)(c2cccc(OC(F)(F)F)c2)N1c1ccc(F)cc1. The number of aliphatic hydroxyl groups is 1. The second-order valence-electron chi connectivity index (χ2n) is 7.05. The van der Waals surface area contributed by atoms with Gasteiger partial charge in [0.05, 0.1) is 6.54 Å². The molecule has 1 N–H and O–H groups in total. The summed E-state index contributed by atoms with van der Waals surface area (Å²) in [6.07, 6.45) is -4.95. The van der Waals surface area contributed by atoms with Gasteiger partial charge in [0.2, 0.25) is 0 Å². The summed E-state index contributed by atoms with van der Waals surface area (Å²) in [6, 6.07) is 13.4. The minimum atomic E-state index is -4.95. The summed E-state index contributed by atoms with van der Waals surface area (Å²) in [5, 5.41) is 11.6.